The topological polar surface area (TPSA) is 72.0 Å². The SMILES string of the molecule is C#Cc1nc(Nc2ccc(Oc3ccccn3)cc2)c2ccccc2n1.C1CC2CC2N1. The predicted octanol–water partition coefficient (Wildman–Crippen LogP) is 4.91. The van der Waals surface area contributed by atoms with E-state index in [0.717, 1.165) is 28.6 Å². The summed E-state index contributed by atoms with van der Waals surface area (Å²) in [6.07, 6.45) is 10.1. The first-order valence-corrected chi connectivity index (χ1v) is 10.7. The second kappa shape index (κ2) is 9.04. The van der Waals surface area contributed by atoms with Gasteiger partial charge in [0.15, 0.2) is 0 Å². The number of nitrogens with one attached hydrogen (secondary N) is 2. The molecule has 6 nitrogen and oxygen atoms in total. The summed E-state index contributed by atoms with van der Waals surface area (Å²) in [7, 11) is 0. The summed E-state index contributed by atoms with van der Waals surface area (Å²) in [6.45, 7) is 1.29. The molecule has 0 spiro atoms. The van der Waals surface area contributed by atoms with E-state index >= 15 is 0 Å². The third-order valence-electron chi connectivity index (χ3n) is 5.55. The van der Waals surface area contributed by atoms with Gasteiger partial charge in [-0.25, -0.2) is 15.0 Å². The minimum atomic E-state index is 0.348. The molecule has 1 saturated heterocycles. The number of fused-ring (bicyclic) bond motifs is 2. The fraction of sp³-hybridized carbons (Fsp3) is 0.192. The molecule has 2 N–H and O–H groups in total. The van der Waals surface area contributed by atoms with Crippen molar-refractivity contribution in [1.29, 1.82) is 0 Å². The van der Waals surface area contributed by atoms with Crippen LogP contribution in [0, 0.1) is 18.3 Å². The summed E-state index contributed by atoms with van der Waals surface area (Å²) in [6, 6.07) is 21.8. The first kappa shape index (κ1) is 20.0. The van der Waals surface area contributed by atoms with Gasteiger partial charge >= 0.3 is 0 Å². The molecule has 0 bridgehead atoms. The van der Waals surface area contributed by atoms with E-state index in [2.05, 4.69) is 31.5 Å². The zero-order chi connectivity index (χ0) is 21.8. The molecule has 2 aromatic heterocycles. The van der Waals surface area contributed by atoms with Crippen LogP contribution >= 0.6 is 0 Å². The van der Waals surface area contributed by atoms with E-state index in [1.807, 2.05) is 60.7 Å². The molecular formula is C26H23N5O. The van der Waals surface area contributed by atoms with E-state index in [9.17, 15) is 0 Å². The van der Waals surface area contributed by atoms with E-state index < -0.39 is 0 Å². The van der Waals surface area contributed by atoms with Crippen molar-refractivity contribution in [3.8, 4) is 24.0 Å². The Morgan fingerprint density at radius 2 is 1.84 bits per heavy atom. The van der Waals surface area contributed by atoms with Gasteiger partial charge in [-0.3, -0.25) is 0 Å². The Balaban J connectivity index is 0.000000306. The summed E-state index contributed by atoms with van der Waals surface area (Å²) in [5.41, 5.74) is 1.67. The van der Waals surface area contributed by atoms with Crippen LogP contribution in [-0.2, 0) is 0 Å². The van der Waals surface area contributed by atoms with Crippen LogP contribution in [0.15, 0.2) is 72.9 Å². The van der Waals surface area contributed by atoms with Gasteiger partial charge in [-0.15, -0.1) is 6.42 Å². The molecule has 6 rings (SSSR count). The molecule has 1 saturated carbocycles. The van der Waals surface area contributed by atoms with Crippen LogP contribution in [0.1, 0.15) is 18.7 Å². The van der Waals surface area contributed by atoms with Crippen molar-refractivity contribution in [1.82, 2.24) is 20.3 Å². The van der Waals surface area contributed by atoms with Gasteiger partial charge in [0.05, 0.1) is 5.52 Å². The molecule has 2 unspecified atom stereocenters. The van der Waals surface area contributed by atoms with Crippen molar-refractivity contribution in [2.24, 2.45) is 5.92 Å². The normalized spacial score (nSPS) is 18.1. The van der Waals surface area contributed by atoms with Gasteiger partial charge in [0, 0.05) is 29.4 Å². The first-order chi connectivity index (χ1) is 15.8. The third-order valence-corrected chi connectivity index (χ3v) is 5.55. The van der Waals surface area contributed by atoms with Crippen LogP contribution in [0.2, 0.25) is 0 Å². The molecule has 2 atom stereocenters. The second-order valence-corrected chi connectivity index (χ2v) is 7.82. The van der Waals surface area contributed by atoms with Crippen LogP contribution in [0.3, 0.4) is 0 Å². The van der Waals surface area contributed by atoms with Crippen molar-refractivity contribution >= 4 is 22.4 Å². The third kappa shape index (κ3) is 4.69. The lowest BCUT2D eigenvalue weighted by Crippen LogP contribution is -2.10. The molecule has 1 aliphatic heterocycles. The second-order valence-electron chi connectivity index (χ2n) is 7.82. The lowest BCUT2D eigenvalue weighted by atomic mass is 10.2. The maximum atomic E-state index is 5.70. The lowest BCUT2D eigenvalue weighted by Gasteiger charge is -2.10. The van der Waals surface area contributed by atoms with E-state index in [1.54, 1.807) is 12.3 Å². The van der Waals surface area contributed by atoms with E-state index in [1.165, 1.54) is 19.4 Å². The number of ether oxygens (including phenoxy) is 1. The molecule has 32 heavy (non-hydrogen) atoms. The number of anilines is 2. The van der Waals surface area contributed by atoms with Gasteiger partial charge in [0.25, 0.3) is 0 Å². The number of hydrogen-bond acceptors (Lipinski definition) is 6. The molecule has 0 radical (unpaired) electrons. The maximum Gasteiger partial charge on any atom is 0.219 e. The van der Waals surface area contributed by atoms with Gasteiger partial charge in [-0.05, 0) is 73.7 Å². The smallest absolute Gasteiger partial charge is 0.219 e. The quantitative estimate of drug-likeness (QED) is 0.456. The highest BCUT2D eigenvalue weighted by Gasteiger charge is 2.40. The van der Waals surface area contributed by atoms with E-state index in [-0.39, 0.29) is 0 Å². The molecule has 3 heterocycles. The van der Waals surface area contributed by atoms with Gasteiger partial charge in [-0.1, -0.05) is 18.2 Å². The summed E-state index contributed by atoms with van der Waals surface area (Å²) < 4.78 is 5.70. The predicted molar refractivity (Wildman–Crippen MR) is 126 cm³/mol. The Hall–Kier alpha value is -3.95. The van der Waals surface area contributed by atoms with Crippen molar-refractivity contribution in [2.75, 3.05) is 11.9 Å². The van der Waals surface area contributed by atoms with Crippen molar-refractivity contribution < 1.29 is 4.74 Å². The lowest BCUT2D eigenvalue weighted by molar-refractivity contribution is 0.463. The number of hydrogen-bond donors (Lipinski definition) is 2. The standard InChI is InChI=1S/C21H14N4O.C5H9N/c1-2-19-24-18-8-4-3-7-17(18)21(25-19)23-15-10-12-16(13-11-15)26-20-9-5-6-14-22-20;1-2-6-5-3-4(1)5/h1,3-14H,(H,23,24,25);4-6H,1-3H2. The number of para-hydroxylation sites is 1. The van der Waals surface area contributed by atoms with Crippen molar-refractivity contribution in [3.05, 3.63) is 78.8 Å². The Labute approximate surface area is 187 Å². The van der Waals surface area contributed by atoms with Gasteiger partial charge in [0.2, 0.25) is 11.7 Å². The molecule has 1 aliphatic carbocycles. The highest BCUT2D eigenvalue weighted by Crippen LogP contribution is 2.37. The molecule has 4 aromatic rings. The molecule has 2 aliphatic rings. The highest BCUT2D eigenvalue weighted by molar-refractivity contribution is 5.91. The molecule has 2 aromatic carbocycles. The van der Waals surface area contributed by atoms with Crippen LogP contribution < -0.4 is 15.4 Å². The number of rotatable bonds is 4. The maximum absolute atomic E-state index is 5.70. The van der Waals surface area contributed by atoms with Gasteiger partial charge < -0.3 is 15.4 Å². The minimum absolute atomic E-state index is 0.348. The Bertz CT molecular complexity index is 1240. The van der Waals surface area contributed by atoms with Crippen LogP contribution in [0.25, 0.3) is 10.9 Å². The van der Waals surface area contributed by atoms with Crippen molar-refractivity contribution in [3.63, 3.8) is 0 Å². The number of aromatic nitrogens is 3. The monoisotopic (exact) mass is 421 g/mol. The number of piperidine rings is 1. The van der Waals surface area contributed by atoms with E-state index in [0.29, 0.717) is 23.3 Å². The summed E-state index contributed by atoms with van der Waals surface area (Å²) in [4.78, 5) is 12.9. The Morgan fingerprint density at radius 3 is 2.50 bits per heavy atom. The minimum Gasteiger partial charge on any atom is -0.439 e. The fourth-order valence-corrected chi connectivity index (χ4v) is 3.78. The summed E-state index contributed by atoms with van der Waals surface area (Å²) >= 11 is 0. The molecule has 158 valence electrons. The van der Waals surface area contributed by atoms with Crippen LogP contribution in [0.5, 0.6) is 11.6 Å². The average molecular weight is 422 g/mol. The van der Waals surface area contributed by atoms with Gasteiger partial charge in [0.1, 0.15) is 11.6 Å². The Kier molecular flexibility index (Phi) is 5.65. The molecule has 2 fully saturated rings. The van der Waals surface area contributed by atoms with Gasteiger partial charge in [-0.2, -0.15) is 0 Å². The van der Waals surface area contributed by atoms with Crippen LogP contribution in [0.4, 0.5) is 11.5 Å². The fourth-order valence-electron chi connectivity index (χ4n) is 3.78. The zero-order valence-electron chi connectivity index (χ0n) is 17.5. The Morgan fingerprint density at radius 1 is 1.00 bits per heavy atom. The summed E-state index contributed by atoms with van der Waals surface area (Å²) in [5.74, 6) is 5.86. The zero-order valence-corrected chi connectivity index (χ0v) is 17.5. The molecule has 0 amide bonds. The van der Waals surface area contributed by atoms with Crippen molar-refractivity contribution in [2.45, 2.75) is 18.9 Å². The number of nitrogens with zero attached hydrogens (tertiary/aromatic N) is 3. The highest BCUT2D eigenvalue weighted by atomic mass is 16.5. The van der Waals surface area contributed by atoms with Crippen LogP contribution in [-0.4, -0.2) is 27.5 Å². The van der Waals surface area contributed by atoms with E-state index in [4.69, 9.17) is 11.2 Å². The first-order valence-electron chi connectivity index (χ1n) is 10.7. The average Bonchev–Trinajstić information content (AvgIpc) is 3.45. The number of pyridine rings is 1. The summed E-state index contributed by atoms with van der Waals surface area (Å²) in [5, 5.41) is 7.59. The largest absolute Gasteiger partial charge is 0.439 e. The molecule has 6 heteroatoms. The number of terminal acetylenes is 1. The molecular weight excluding hydrogens is 398 g/mol. The number of benzene rings is 2.